The molecule has 0 bridgehead atoms. The second-order valence-corrected chi connectivity index (χ2v) is 4.11. The molecule has 0 saturated heterocycles. The van der Waals surface area contributed by atoms with E-state index in [9.17, 15) is 10.1 Å². The number of hydrogen-bond acceptors (Lipinski definition) is 4. The van der Waals surface area contributed by atoms with Gasteiger partial charge in [0.25, 0.3) is 5.69 Å². The summed E-state index contributed by atoms with van der Waals surface area (Å²) in [5, 5.41) is 13.8. The molecule has 0 aliphatic heterocycles. The first-order chi connectivity index (χ1) is 8.65. The maximum Gasteiger partial charge on any atom is 0.269 e. The Balaban J connectivity index is 1.94. The van der Waals surface area contributed by atoms with Gasteiger partial charge in [0.2, 0.25) is 0 Å². The van der Waals surface area contributed by atoms with Crippen molar-refractivity contribution in [1.29, 1.82) is 0 Å². The first-order valence-corrected chi connectivity index (χ1v) is 5.62. The van der Waals surface area contributed by atoms with Crippen LogP contribution in [0.5, 0.6) is 0 Å². The monoisotopic (exact) mass is 246 g/mol. The Morgan fingerprint density at radius 3 is 2.72 bits per heavy atom. The molecule has 2 aromatic rings. The average molecular weight is 246 g/mol. The van der Waals surface area contributed by atoms with Gasteiger partial charge in [0, 0.05) is 42.8 Å². The Bertz CT molecular complexity index is 507. The van der Waals surface area contributed by atoms with E-state index >= 15 is 0 Å². The van der Waals surface area contributed by atoms with Crippen molar-refractivity contribution in [1.82, 2.24) is 9.55 Å². The van der Waals surface area contributed by atoms with E-state index in [2.05, 4.69) is 10.3 Å². The molecule has 0 aliphatic carbocycles. The summed E-state index contributed by atoms with van der Waals surface area (Å²) < 4.78 is 1.98. The van der Waals surface area contributed by atoms with Gasteiger partial charge in [-0.25, -0.2) is 4.98 Å². The van der Waals surface area contributed by atoms with Gasteiger partial charge in [-0.15, -0.1) is 0 Å². The van der Waals surface area contributed by atoms with Crippen LogP contribution in [0.2, 0.25) is 0 Å². The maximum absolute atomic E-state index is 10.5. The van der Waals surface area contributed by atoms with Crippen LogP contribution in [0.1, 0.15) is 6.92 Å². The van der Waals surface area contributed by atoms with Gasteiger partial charge in [0.05, 0.1) is 11.3 Å². The minimum absolute atomic E-state index is 0.0998. The molecular weight excluding hydrogens is 232 g/mol. The van der Waals surface area contributed by atoms with Crippen molar-refractivity contribution in [3.63, 3.8) is 0 Å². The van der Waals surface area contributed by atoms with E-state index < -0.39 is 4.92 Å². The third kappa shape index (κ3) is 3.07. The van der Waals surface area contributed by atoms with Crippen LogP contribution < -0.4 is 5.32 Å². The van der Waals surface area contributed by atoms with Gasteiger partial charge < -0.3 is 9.88 Å². The van der Waals surface area contributed by atoms with Gasteiger partial charge in [-0.05, 0) is 19.1 Å². The predicted molar refractivity (Wildman–Crippen MR) is 68.4 cm³/mol. The van der Waals surface area contributed by atoms with E-state index in [1.807, 2.05) is 17.7 Å². The lowest BCUT2D eigenvalue weighted by molar-refractivity contribution is -0.384. The Labute approximate surface area is 104 Å². The molecule has 0 radical (unpaired) electrons. The summed E-state index contributed by atoms with van der Waals surface area (Å²) in [5.74, 6) is 0. The first kappa shape index (κ1) is 12.1. The first-order valence-electron chi connectivity index (χ1n) is 5.62. The highest BCUT2D eigenvalue weighted by Crippen LogP contribution is 2.16. The molecule has 1 unspecified atom stereocenters. The molecule has 1 aromatic heterocycles. The minimum Gasteiger partial charge on any atom is -0.381 e. The number of non-ortho nitro benzene ring substituents is 1. The minimum atomic E-state index is -0.404. The third-order valence-electron chi connectivity index (χ3n) is 2.54. The molecule has 6 heteroatoms. The number of rotatable bonds is 5. The topological polar surface area (TPSA) is 73.0 Å². The largest absolute Gasteiger partial charge is 0.381 e. The summed E-state index contributed by atoms with van der Waals surface area (Å²) in [6.45, 7) is 2.83. The molecule has 18 heavy (non-hydrogen) atoms. The normalized spacial score (nSPS) is 12.1. The van der Waals surface area contributed by atoms with Crippen molar-refractivity contribution in [2.75, 3.05) is 5.32 Å². The quantitative estimate of drug-likeness (QED) is 0.649. The molecule has 0 aliphatic rings. The van der Waals surface area contributed by atoms with E-state index in [1.165, 1.54) is 12.1 Å². The molecular formula is C12H14N4O2. The number of nitrogens with one attached hydrogen (secondary N) is 1. The molecule has 0 spiro atoms. The predicted octanol–water partition coefficient (Wildman–Crippen LogP) is 2.29. The zero-order chi connectivity index (χ0) is 13.0. The van der Waals surface area contributed by atoms with Crippen molar-refractivity contribution < 1.29 is 4.92 Å². The molecule has 0 saturated carbocycles. The number of aromatic nitrogens is 2. The Kier molecular flexibility index (Phi) is 3.57. The molecule has 0 amide bonds. The summed E-state index contributed by atoms with van der Waals surface area (Å²) in [7, 11) is 0. The van der Waals surface area contributed by atoms with Crippen LogP contribution in [0.25, 0.3) is 0 Å². The van der Waals surface area contributed by atoms with Crippen LogP contribution in [-0.2, 0) is 6.54 Å². The van der Waals surface area contributed by atoms with Crippen LogP contribution in [0.4, 0.5) is 11.4 Å². The van der Waals surface area contributed by atoms with Gasteiger partial charge >= 0.3 is 0 Å². The highest BCUT2D eigenvalue weighted by molar-refractivity contribution is 5.48. The number of anilines is 1. The van der Waals surface area contributed by atoms with Crippen LogP contribution in [-0.4, -0.2) is 20.5 Å². The van der Waals surface area contributed by atoms with Crippen molar-refractivity contribution >= 4 is 11.4 Å². The number of hydrogen-bond donors (Lipinski definition) is 1. The summed E-state index contributed by atoms with van der Waals surface area (Å²) in [6, 6.07) is 6.62. The van der Waals surface area contributed by atoms with Crippen LogP contribution in [0.15, 0.2) is 43.0 Å². The zero-order valence-electron chi connectivity index (χ0n) is 9.98. The molecule has 1 N–H and O–H groups in total. The van der Waals surface area contributed by atoms with Crippen molar-refractivity contribution in [3.8, 4) is 0 Å². The number of imidazole rings is 1. The van der Waals surface area contributed by atoms with Gasteiger partial charge in [-0.3, -0.25) is 10.1 Å². The van der Waals surface area contributed by atoms with E-state index in [-0.39, 0.29) is 11.7 Å². The van der Waals surface area contributed by atoms with Crippen LogP contribution in [0.3, 0.4) is 0 Å². The summed E-state index contributed by atoms with van der Waals surface area (Å²) in [6.07, 6.45) is 5.39. The van der Waals surface area contributed by atoms with E-state index in [4.69, 9.17) is 0 Å². The zero-order valence-corrected chi connectivity index (χ0v) is 9.98. The molecule has 0 fully saturated rings. The maximum atomic E-state index is 10.5. The Morgan fingerprint density at radius 1 is 1.44 bits per heavy atom. The smallest absolute Gasteiger partial charge is 0.269 e. The van der Waals surface area contributed by atoms with E-state index in [1.54, 1.807) is 24.7 Å². The fourth-order valence-electron chi connectivity index (χ4n) is 1.72. The van der Waals surface area contributed by atoms with Gasteiger partial charge in [0.1, 0.15) is 0 Å². The molecule has 6 nitrogen and oxygen atoms in total. The van der Waals surface area contributed by atoms with E-state index in [0.29, 0.717) is 0 Å². The molecule has 94 valence electrons. The molecule has 1 heterocycles. The van der Waals surface area contributed by atoms with Gasteiger partial charge in [-0.1, -0.05) is 0 Å². The molecule has 1 atom stereocenters. The highest BCUT2D eigenvalue weighted by Gasteiger charge is 2.06. The lowest BCUT2D eigenvalue weighted by Crippen LogP contribution is -2.21. The molecule has 2 rings (SSSR count). The Morgan fingerprint density at radius 2 is 2.17 bits per heavy atom. The van der Waals surface area contributed by atoms with Crippen LogP contribution in [0, 0.1) is 10.1 Å². The molecule has 1 aromatic carbocycles. The lowest BCUT2D eigenvalue weighted by atomic mass is 10.2. The number of benzene rings is 1. The SMILES string of the molecule is CC(Cn1ccnc1)Nc1ccc([N+](=O)[O-])cc1. The van der Waals surface area contributed by atoms with Crippen LogP contribution >= 0.6 is 0 Å². The number of nitrogens with zero attached hydrogens (tertiary/aromatic N) is 3. The fourth-order valence-corrected chi connectivity index (χ4v) is 1.72. The highest BCUT2D eigenvalue weighted by atomic mass is 16.6. The third-order valence-corrected chi connectivity index (χ3v) is 2.54. The fraction of sp³-hybridized carbons (Fsp3) is 0.250. The summed E-state index contributed by atoms with van der Waals surface area (Å²) >= 11 is 0. The lowest BCUT2D eigenvalue weighted by Gasteiger charge is -2.15. The van der Waals surface area contributed by atoms with Crippen molar-refractivity contribution in [2.24, 2.45) is 0 Å². The second-order valence-electron chi connectivity index (χ2n) is 4.11. The Hall–Kier alpha value is -2.37. The number of nitro benzene ring substituents is 1. The summed E-state index contributed by atoms with van der Waals surface area (Å²) in [5.41, 5.74) is 0.969. The summed E-state index contributed by atoms with van der Waals surface area (Å²) in [4.78, 5) is 14.1. The van der Waals surface area contributed by atoms with Crippen molar-refractivity contribution in [2.45, 2.75) is 19.5 Å². The number of nitro groups is 1. The van der Waals surface area contributed by atoms with Gasteiger partial charge in [0.15, 0.2) is 0 Å². The van der Waals surface area contributed by atoms with Gasteiger partial charge in [-0.2, -0.15) is 0 Å². The second kappa shape index (κ2) is 5.31. The van der Waals surface area contributed by atoms with Crippen molar-refractivity contribution in [3.05, 3.63) is 53.1 Å². The standard InChI is InChI=1S/C12H14N4O2/c1-10(8-15-7-6-13-9-15)14-11-2-4-12(5-3-11)16(17)18/h2-7,9-10,14H,8H2,1H3. The van der Waals surface area contributed by atoms with E-state index in [0.717, 1.165) is 12.2 Å². The average Bonchev–Trinajstić information content (AvgIpc) is 2.82.